The molecule has 2 aromatic rings. The van der Waals surface area contributed by atoms with Gasteiger partial charge in [0.05, 0.1) is 6.10 Å². The van der Waals surface area contributed by atoms with E-state index in [1.807, 2.05) is 24.3 Å². The van der Waals surface area contributed by atoms with E-state index in [0.29, 0.717) is 5.75 Å². The Balaban J connectivity index is 2.05. The second kappa shape index (κ2) is 6.50. The van der Waals surface area contributed by atoms with Crippen LogP contribution in [0.2, 0.25) is 0 Å². The summed E-state index contributed by atoms with van der Waals surface area (Å²) in [5.74, 6) is -1.07. The highest BCUT2D eigenvalue weighted by Gasteiger charge is 2.14. The van der Waals surface area contributed by atoms with Crippen LogP contribution in [0.3, 0.4) is 0 Å². The number of thioether (sulfide) groups is 1. The van der Waals surface area contributed by atoms with E-state index in [1.165, 1.54) is 17.8 Å². The highest BCUT2D eigenvalue weighted by molar-refractivity contribution is 9.10. The highest BCUT2D eigenvalue weighted by atomic mass is 79.9. The van der Waals surface area contributed by atoms with Crippen molar-refractivity contribution < 1.29 is 13.9 Å². The molecule has 1 unspecified atom stereocenters. The first-order valence-corrected chi connectivity index (χ1v) is 7.36. The zero-order valence-corrected chi connectivity index (χ0v) is 12.2. The molecule has 0 aliphatic rings. The summed E-state index contributed by atoms with van der Waals surface area (Å²) in [6.45, 7) is 0. The molecule has 1 N–H and O–H groups in total. The molecule has 1 atom stereocenters. The third-order valence-electron chi connectivity index (χ3n) is 2.55. The van der Waals surface area contributed by atoms with Crippen molar-refractivity contribution in [2.75, 3.05) is 5.75 Å². The Bertz CT molecular complexity index is 577. The van der Waals surface area contributed by atoms with Crippen LogP contribution in [0.25, 0.3) is 0 Å². The Morgan fingerprint density at radius 2 is 1.89 bits per heavy atom. The second-order valence-corrected chi connectivity index (χ2v) is 5.84. The van der Waals surface area contributed by atoms with E-state index in [1.54, 1.807) is 0 Å². The minimum Gasteiger partial charge on any atom is -0.387 e. The van der Waals surface area contributed by atoms with Gasteiger partial charge in [-0.1, -0.05) is 18.2 Å². The molecule has 5 heteroatoms. The molecule has 2 rings (SSSR count). The van der Waals surface area contributed by atoms with Crippen molar-refractivity contribution in [1.29, 1.82) is 0 Å². The molecule has 0 saturated heterocycles. The molecule has 1 nitrogen and oxygen atoms in total. The highest BCUT2D eigenvalue weighted by Crippen LogP contribution is 2.31. The molecule has 0 bridgehead atoms. The molecular formula is C14H11BrF2OS. The standard InChI is InChI=1S/C14H11BrF2OS/c15-11-3-1-2-4-14(11)19-8-13(18)10-6-5-9(16)7-12(10)17/h1-7,13,18H,8H2. The molecule has 0 aromatic heterocycles. The van der Waals surface area contributed by atoms with Crippen LogP contribution in [0.1, 0.15) is 11.7 Å². The van der Waals surface area contributed by atoms with Gasteiger partial charge in [0.1, 0.15) is 11.6 Å². The summed E-state index contributed by atoms with van der Waals surface area (Å²) >= 11 is 4.81. The summed E-state index contributed by atoms with van der Waals surface area (Å²) in [6, 6.07) is 10.8. The smallest absolute Gasteiger partial charge is 0.131 e. The number of halogens is 3. The SMILES string of the molecule is OC(CSc1ccccc1Br)c1ccc(F)cc1F. The lowest BCUT2D eigenvalue weighted by molar-refractivity contribution is 0.198. The first-order valence-electron chi connectivity index (χ1n) is 5.58. The molecule has 0 aliphatic carbocycles. The maximum atomic E-state index is 13.5. The maximum Gasteiger partial charge on any atom is 0.131 e. The summed E-state index contributed by atoms with van der Waals surface area (Å²) in [7, 11) is 0. The maximum absolute atomic E-state index is 13.5. The largest absolute Gasteiger partial charge is 0.387 e. The Kier molecular flexibility index (Phi) is 4.96. The van der Waals surface area contributed by atoms with Crippen LogP contribution in [0.4, 0.5) is 8.78 Å². The van der Waals surface area contributed by atoms with Crippen molar-refractivity contribution in [3.8, 4) is 0 Å². The summed E-state index contributed by atoms with van der Waals surface area (Å²) in [5.41, 5.74) is 0.112. The van der Waals surface area contributed by atoms with Crippen LogP contribution < -0.4 is 0 Å². The van der Waals surface area contributed by atoms with Gasteiger partial charge in [0.2, 0.25) is 0 Å². The van der Waals surface area contributed by atoms with Gasteiger partial charge in [0.15, 0.2) is 0 Å². The third kappa shape index (κ3) is 3.78. The molecule has 0 amide bonds. The normalized spacial score (nSPS) is 12.4. The van der Waals surface area contributed by atoms with Crippen molar-refractivity contribution in [3.63, 3.8) is 0 Å². The van der Waals surface area contributed by atoms with Crippen molar-refractivity contribution in [2.45, 2.75) is 11.0 Å². The number of aliphatic hydroxyl groups is 1. The van der Waals surface area contributed by atoms with Gasteiger partial charge < -0.3 is 5.11 Å². The van der Waals surface area contributed by atoms with E-state index in [2.05, 4.69) is 15.9 Å². The van der Waals surface area contributed by atoms with Gasteiger partial charge in [0, 0.05) is 26.8 Å². The van der Waals surface area contributed by atoms with Crippen LogP contribution in [0.5, 0.6) is 0 Å². The molecule has 0 radical (unpaired) electrons. The fourth-order valence-electron chi connectivity index (χ4n) is 1.59. The Hall–Kier alpha value is -0.910. The Morgan fingerprint density at radius 3 is 2.58 bits per heavy atom. The molecule has 0 fully saturated rings. The lowest BCUT2D eigenvalue weighted by Gasteiger charge is -2.12. The van der Waals surface area contributed by atoms with Gasteiger partial charge in [0.25, 0.3) is 0 Å². The summed E-state index contributed by atoms with van der Waals surface area (Å²) in [4.78, 5) is 0.962. The minimum atomic E-state index is -0.974. The van der Waals surface area contributed by atoms with Crippen molar-refractivity contribution in [3.05, 3.63) is 64.1 Å². The second-order valence-electron chi connectivity index (χ2n) is 3.92. The quantitative estimate of drug-likeness (QED) is 0.821. The van der Waals surface area contributed by atoms with Crippen LogP contribution >= 0.6 is 27.7 Å². The third-order valence-corrected chi connectivity index (χ3v) is 4.66. The summed E-state index contributed by atoms with van der Waals surface area (Å²) in [5, 5.41) is 9.95. The number of hydrogen-bond donors (Lipinski definition) is 1. The number of benzene rings is 2. The molecule has 19 heavy (non-hydrogen) atoms. The van der Waals surface area contributed by atoms with E-state index in [9.17, 15) is 13.9 Å². The van der Waals surface area contributed by atoms with Crippen LogP contribution in [-0.2, 0) is 0 Å². The van der Waals surface area contributed by atoms with Gasteiger partial charge in [-0.25, -0.2) is 8.78 Å². The van der Waals surface area contributed by atoms with E-state index in [0.717, 1.165) is 21.5 Å². The number of aliphatic hydroxyl groups excluding tert-OH is 1. The van der Waals surface area contributed by atoms with Crippen LogP contribution in [0, 0.1) is 11.6 Å². The van der Waals surface area contributed by atoms with Crippen molar-refractivity contribution in [2.24, 2.45) is 0 Å². The van der Waals surface area contributed by atoms with Gasteiger partial charge in [-0.05, 0) is 34.1 Å². The van der Waals surface area contributed by atoms with E-state index in [4.69, 9.17) is 0 Å². The predicted octanol–water partition coefficient (Wildman–Crippen LogP) is 4.55. The van der Waals surface area contributed by atoms with Crippen LogP contribution in [0.15, 0.2) is 51.8 Å². The van der Waals surface area contributed by atoms with Crippen LogP contribution in [-0.4, -0.2) is 10.9 Å². The van der Waals surface area contributed by atoms with E-state index in [-0.39, 0.29) is 5.56 Å². The summed E-state index contributed by atoms with van der Waals surface area (Å²) in [6.07, 6.45) is -0.974. The van der Waals surface area contributed by atoms with Gasteiger partial charge in [-0.3, -0.25) is 0 Å². The average molecular weight is 345 g/mol. The Morgan fingerprint density at radius 1 is 1.16 bits per heavy atom. The molecule has 100 valence electrons. The first kappa shape index (κ1) is 14.5. The van der Waals surface area contributed by atoms with Gasteiger partial charge in [-0.2, -0.15) is 0 Å². The molecule has 0 heterocycles. The zero-order chi connectivity index (χ0) is 13.8. The molecular weight excluding hydrogens is 334 g/mol. The van der Waals surface area contributed by atoms with E-state index >= 15 is 0 Å². The fraction of sp³-hybridized carbons (Fsp3) is 0.143. The number of rotatable bonds is 4. The average Bonchev–Trinajstić information content (AvgIpc) is 2.37. The first-order chi connectivity index (χ1) is 9.08. The lowest BCUT2D eigenvalue weighted by Crippen LogP contribution is -2.04. The van der Waals surface area contributed by atoms with Crippen molar-refractivity contribution in [1.82, 2.24) is 0 Å². The predicted molar refractivity (Wildman–Crippen MR) is 76.2 cm³/mol. The molecule has 2 aromatic carbocycles. The Labute approximate surface area is 122 Å². The van der Waals surface area contributed by atoms with E-state index < -0.39 is 17.7 Å². The topological polar surface area (TPSA) is 20.2 Å². The van der Waals surface area contributed by atoms with Crippen molar-refractivity contribution >= 4 is 27.7 Å². The zero-order valence-electron chi connectivity index (χ0n) is 9.82. The lowest BCUT2D eigenvalue weighted by atomic mass is 10.1. The molecule has 0 spiro atoms. The molecule has 0 saturated carbocycles. The molecule has 0 aliphatic heterocycles. The minimum absolute atomic E-state index is 0.112. The number of hydrogen-bond acceptors (Lipinski definition) is 2. The fourth-order valence-corrected chi connectivity index (χ4v) is 3.12. The van der Waals surface area contributed by atoms with Gasteiger partial charge >= 0.3 is 0 Å². The van der Waals surface area contributed by atoms with Gasteiger partial charge in [-0.15, -0.1) is 11.8 Å². The summed E-state index contributed by atoms with van der Waals surface area (Å²) < 4.78 is 27.2. The monoisotopic (exact) mass is 344 g/mol.